The van der Waals surface area contributed by atoms with Crippen LogP contribution in [-0.4, -0.2) is 17.1 Å². The Morgan fingerprint density at radius 2 is 1.73 bits per heavy atom. The third-order valence-electron chi connectivity index (χ3n) is 1.76. The number of amides is 1. The summed E-state index contributed by atoms with van der Waals surface area (Å²) in [6.07, 6.45) is 0.398. The van der Waals surface area contributed by atoms with Crippen LogP contribution in [0.2, 0.25) is 0 Å². The molecule has 6 heteroatoms. The van der Waals surface area contributed by atoms with Gasteiger partial charge in [0, 0.05) is 0 Å². The Morgan fingerprint density at radius 1 is 1.27 bits per heavy atom. The van der Waals surface area contributed by atoms with Crippen LogP contribution < -0.4 is 11.5 Å². The number of phenolic OH excluding ortho intramolecular Hbond substituents is 1. The fourth-order valence-electron chi connectivity index (χ4n) is 0.987. The molecule has 0 radical (unpaired) electrons. The highest BCUT2D eigenvalue weighted by atomic mass is 35.5. The van der Waals surface area contributed by atoms with Crippen LogP contribution in [0.4, 0.5) is 0 Å². The lowest BCUT2D eigenvalue weighted by molar-refractivity contribution is -0.119. The average Bonchev–Trinajstić information content (AvgIpc) is 2.08. The van der Waals surface area contributed by atoms with Gasteiger partial charge in [0.25, 0.3) is 0 Å². The quantitative estimate of drug-likeness (QED) is 0.736. The van der Waals surface area contributed by atoms with Gasteiger partial charge >= 0.3 is 0 Å². The van der Waals surface area contributed by atoms with Crippen molar-refractivity contribution in [2.75, 3.05) is 0 Å². The van der Waals surface area contributed by atoms with Crippen LogP contribution in [0.25, 0.3) is 0 Å². The average molecular weight is 253 g/mol. The van der Waals surface area contributed by atoms with Crippen molar-refractivity contribution in [3.8, 4) is 5.75 Å². The predicted octanol–water partition coefficient (Wildman–Crippen LogP) is 0.591. The lowest BCUT2D eigenvalue weighted by Crippen LogP contribution is -2.38. The molecule has 0 spiro atoms. The van der Waals surface area contributed by atoms with Gasteiger partial charge in [-0.1, -0.05) is 12.1 Å². The van der Waals surface area contributed by atoms with Crippen LogP contribution >= 0.6 is 24.8 Å². The summed E-state index contributed by atoms with van der Waals surface area (Å²) in [5.41, 5.74) is 11.3. The van der Waals surface area contributed by atoms with Gasteiger partial charge in [0.05, 0.1) is 6.04 Å². The van der Waals surface area contributed by atoms with Gasteiger partial charge in [-0.3, -0.25) is 4.79 Å². The van der Waals surface area contributed by atoms with Crippen LogP contribution in [0.15, 0.2) is 24.3 Å². The van der Waals surface area contributed by atoms with Gasteiger partial charge < -0.3 is 16.6 Å². The highest BCUT2D eigenvalue weighted by Crippen LogP contribution is 2.10. The number of hydrogen-bond donors (Lipinski definition) is 3. The van der Waals surface area contributed by atoms with Gasteiger partial charge in [-0.2, -0.15) is 0 Å². The van der Waals surface area contributed by atoms with Crippen molar-refractivity contribution in [2.24, 2.45) is 11.5 Å². The van der Waals surface area contributed by atoms with E-state index in [9.17, 15) is 4.79 Å². The minimum Gasteiger partial charge on any atom is -0.508 e. The van der Waals surface area contributed by atoms with E-state index in [-0.39, 0.29) is 30.6 Å². The second-order valence-electron chi connectivity index (χ2n) is 2.88. The van der Waals surface area contributed by atoms with Gasteiger partial charge in [0.15, 0.2) is 0 Å². The molecule has 0 heterocycles. The maximum absolute atomic E-state index is 10.6. The molecule has 5 N–H and O–H groups in total. The van der Waals surface area contributed by atoms with Crippen molar-refractivity contribution >= 4 is 30.7 Å². The Morgan fingerprint density at radius 3 is 2.13 bits per heavy atom. The molecule has 0 unspecified atom stereocenters. The van der Waals surface area contributed by atoms with E-state index in [0.29, 0.717) is 6.42 Å². The number of primary amides is 1. The SMILES string of the molecule is Cl.Cl.NC(=O)[C@@H](N)Cc1ccc(O)cc1. The second kappa shape index (κ2) is 7.34. The molecule has 1 atom stereocenters. The van der Waals surface area contributed by atoms with E-state index in [4.69, 9.17) is 16.6 Å². The maximum atomic E-state index is 10.6. The normalized spacial score (nSPS) is 10.7. The summed E-state index contributed by atoms with van der Waals surface area (Å²) in [5, 5.41) is 8.98. The first-order valence-electron chi connectivity index (χ1n) is 3.92. The summed E-state index contributed by atoms with van der Waals surface area (Å²) < 4.78 is 0. The first-order valence-corrected chi connectivity index (χ1v) is 3.92. The molecule has 15 heavy (non-hydrogen) atoms. The molecular formula is C9H14Cl2N2O2. The summed E-state index contributed by atoms with van der Waals surface area (Å²) >= 11 is 0. The largest absolute Gasteiger partial charge is 0.508 e. The molecule has 0 aliphatic heterocycles. The number of rotatable bonds is 3. The number of aromatic hydroxyl groups is 1. The Labute approximate surface area is 100 Å². The first-order chi connectivity index (χ1) is 6.09. The van der Waals surface area contributed by atoms with Crippen molar-refractivity contribution in [3.05, 3.63) is 29.8 Å². The molecule has 0 saturated heterocycles. The highest BCUT2D eigenvalue weighted by molar-refractivity contribution is 5.85. The lowest BCUT2D eigenvalue weighted by atomic mass is 10.1. The molecular weight excluding hydrogens is 239 g/mol. The number of hydrogen-bond acceptors (Lipinski definition) is 3. The van der Waals surface area contributed by atoms with E-state index in [1.807, 2.05) is 0 Å². The number of benzene rings is 1. The van der Waals surface area contributed by atoms with Gasteiger partial charge in [0.1, 0.15) is 5.75 Å². The minimum absolute atomic E-state index is 0. The zero-order valence-electron chi connectivity index (χ0n) is 7.92. The van der Waals surface area contributed by atoms with Crippen molar-refractivity contribution < 1.29 is 9.90 Å². The van der Waals surface area contributed by atoms with Crippen LogP contribution in [-0.2, 0) is 11.2 Å². The van der Waals surface area contributed by atoms with Crippen molar-refractivity contribution in [3.63, 3.8) is 0 Å². The molecule has 0 saturated carbocycles. The Kier molecular flexibility index (Phi) is 8.05. The van der Waals surface area contributed by atoms with E-state index in [2.05, 4.69) is 0 Å². The number of nitrogens with two attached hydrogens (primary N) is 2. The zero-order valence-corrected chi connectivity index (χ0v) is 9.55. The third-order valence-corrected chi connectivity index (χ3v) is 1.76. The summed E-state index contributed by atoms with van der Waals surface area (Å²) in [6, 6.07) is 5.84. The van der Waals surface area contributed by atoms with E-state index in [1.54, 1.807) is 24.3 Å². The van der Waals surface area contributed by atoms with Crippen molar-refractivity contribution in [1.82, 2.24) is 0 Å². The first kappa shape index (κ1) is 16.5. The molecule has 1 aromatic carbocycles. The monoisotopic (exact) mass is 252 g/mol. The molecule has 0 fully saturated rings. The topological polar surface area (TPSA) is 89.3 Å². The van der Waals surface area contributed by atoms with Gasteiger partial charge in [-0.15, -0.1) is 24.8 Å². The smallest absolute Gasteiger partial charge is 0.234 e. The summed E-state index contributed by atoms with van der Waals surface area (Å²) in [4.78, 5) is 10.6. The molecule has 4 nitrogen and oxygen atoms in total. The van der Waals surface area contributed by atoms with E-state index >= 15 is 0 Å². The van der Waals surface area contributed by atoms with Crippen LogP contribution in [0.1, 0.15) is 5.56 Å². The summed E-state index contributed by atoms with van der Waals surface area (Å²) in [7, 11) is 0. The Hall–Kier alpha value is -0.970. The van der Waals surface area contributed by atoms with Crippen LogP contribution in [0.5, 0.6) is 5.75 Å². The van der Waals surface area contributed by atoms with Crippen LogP contribution in [0, 0.1) is 0 Å². The number of carbonyl (C=O) groups is 1. The predicted molar refractivity (Wildman–Crippen MR) is 63.5 cm³/mol. The molecule has 0 aromatic heterocycles. The molecule has 0 aliphatic rings. The number of carbonyl (C=O) groups excluding carboxylic acids is 1. The van der Waals surface area contributed by atoms with Crippen molar-refractivity contribution in [2.45, 2.75) is 12.5 Å². The Balaban J connectivity index is 0. The number of halogens is 2. The molecule has 0 bridgehead atoms. The number of phenols is 1. The van der Waals surface area contributed by atoms with Crippen molar-refractivity contribution in [1.29, 1.82) is 0 Å². The van der Waals surface area contributed by atoms with Gasteiger partial charge in [-0.25, -0.2) is 0 Å². The fraction of sp³-hybridized carbons (Fsp3) is 0.222. The standard InChI is InChI=1S/C9H12N2O2.2ClH/c10-8(9(11)13)5-6-1-3-7(12)4-2-6;;/h1-4,8,12H,5,10H2,(H2,11,13);2*1H/t8-;;/m0../s1. The van der Waals surface area contributed by atoms with Gasteiger partial charge in [-0.05, 0) is 24.1 Å². The molecule has 1 aromatic rings. The summed E-state index contributed by atoms with van der Waals surface area (Å²) in [6.45, 7) is 0. The maximum Gasteiger partial charge on any atom is 0.234 e. The molecule has 1 rings (SSSR count). The molecule has 0 aliphatic carbocycles. The molecule has 1 amide bonds. The molecule has 86 valence electrons. The fourth-order valence-corrected chi connectivity index (χ4v) is 0.987. The van der Waals surface area contributed by atoms with E-state index in [0.717, 1.165) is 5.56 Å². The highest BCUT2D eigenvalue weighted by Gasteiger charge is 2.09. The van der Waals surface area contributed by atoms with E-state index < -0.39 is 11.9 Å². The van der Waals surface area contributed by atoms with E-state index in [1.165, 1.54) is 0 Å². The van der Waals surface area contributed by atoms with Gasteiger partial charge in [0.2, 0.25) is 5.91 Å². The zero-order chi connectivity index (χ0) is 9.84. The second-order valence-corrected chi connectivity index (χ2v) is 2.88. The summed E-state index contributed by atoms with van der Waals surface area (Å²) in [5.74, 6) is -0.329. The lowest BCUT2D eigenvalue weighted by Gasteiger charge is -2.06. The Bertz CT molecular complexity index is 303. The minimum atomic E-state index is -0.662. The van der Waals surface area contributed by atoms with Crippen LogP contribution in [0.3, 0.4) is 0 Å². The third kappa shape index (κ3) is 5.47.